The van der Waals surface area contributed by atoms with Crippen LogP contribution >= 0.6 is 0 Å². The van der Waals surface area contributed by atoms with Crippen LogP contribution in [0.4, 0.5) is 5.69 Å². The van der Waals surface area contributed by atoms with Crippen molar-refractivity contribution < 1.29 is 4.74 Å². The fraction of sp³-hybridized carbons (Fsp3) is 0.647. The lowest BCUT2D eigenvalue weighted by Crippen LogP contribution is -2.40. The monoisotopic (exact) mass is 276 g/mol. The van der Waals surface area contributed by atoms with Crippen molar-refractivity contribution >= 4 is 5.69 Å². The molecule has 0 amide bonds. The van der Waals surface area contributed by atoms with Gasteiger partial charge in [0.1, 0.15) is 0 Å². The van der Waals surface area contributed by atoms with Crippen molar-refractivity contribution in [1.29, 1.82) is 0 Å². The Labute approximate surface area is 123 Å². The lowest BCUT2D eigenvalue weighted by Gasteiger charge is -2.33. The molecule has 1 aromatic carbocycles. The average Bonchev–Trinajstić information content (AvgIpc) is 2.46. The fourth-order valence-corrected chi connectivity index (χ4v) is 2.96. The number of nitrogens with two attached hydrogens (primary N) is 1. The summed E-state index contributed by atoms with van der Waals surface area (Å²) in [7, 11) is 0. The highest BCUT2D eigenvalue weighted by Gasteiger charge is 2.20. The highest BCUT2D eigenvalue weighted by molar-refractivity contribution is 5.40. The summed E-state index contributed by atoms with van der Waals surface area (Å²) in [6.07, 6.45) is 4.13. The SMILES string of the molecule is CCOC1CCCN(CCC(C)c2ccc(N)cc2)C1. The molecule has 3 heteroatoms. The van der Waals surface area contributed by atoms with E-state index in [0.29, 0.717) is 12.0 Å². The standard InChI is InChI=1S/C17H28N2O/c1-3-20-17-5-4-11-19(13-17)12-10-14(2)15-6-8-16(18)9-7-15/h6-9,14,17H,3-5,10-13,18H2,1-2H3. The van der Waals surface area contributed by atoms with Crippen molar-refractivity contribution in [2.75, 3.05) is 32.0 Å². The van der Waals surface area contributed by atoms with E-state index in [1.165, 1.54) is 31.4 Å². The fourth-order valence-electron chi connectivity index (χ4n) is 2.96. The van der Waals surface area contributed by atoms with Gasteiger partial charge in [-0.1, -0.05) is 19.1 Å². The number of ether oxygens (including phenoxy) is 1. The molecule has 0 saturated carbocycles. The Morgan fingerprint density at radius 1 is 1.35 bits per heavy atom. The van der Waals surface area contributed by atoms with Crippen molar-refractivity contribution in [3.8, 4) is 0 Å². The zero-order valence-electron chi connectivity index (χ0n) is 12.8. The molecule has 2 N–H and O–H groups in total. The molecule has 2 rings (SSSR count). The van der Waals surface area contributed by atoms with Crippen molar-refractivity contribution in [2.45, 2.75) is 45.1 Å². The van der Waals surface area contributed by atoms with Gasteiger partial charge < -0.3 is 15.4 Å². The summed E-state index contributed by atoms with van der Waals surface area (Å²) in [6, 6.07) is 8.30. The second-order valence-electron chi connectivity index (χ2n) is 5.88. The number of benzene rings is 1. The molecule has 0 radical (unpaired) electrons. The lowest BCUT2D eigenvalue weighted by atomic mass is 9.97. The van der Waals surface area contributed by atoms with E-state index in [1.807, 2.05) is 12.1 Å². The Morgan fingerprint density at radius 3 is 2.80 bits per heavy atom. The van der Waals surface area contributed by atoms with E-state index >= 15 is 0 Å². The normalized spacial score (nSPS) is 21.8. The summed E-state index contributed by atoms with van der Waals surface area (Å²) < 4.78 is 5.76. The van der Waals surface area contributed by atoms with Crippen LogP contribution in [-0.2, 0) is 4.74 Å². The van der Waals surface area contributed by atoms with Crippen LogP contribution in [0.5, 0.6) is 0 Å². The molecular weight excluding hydrogens is 248 g/mol. The molecule has 2 atom stereocenters. The number of hydrogen-bond donors (Lipinski definition) is 1. The predicted octanol–water partition coefficient (Wildman–Crippen LogP) is 3.26. The zero-order chi connectivity index (χ0) is 14.4. The number of hydrogen-bond acceptors (Lipinski definition) is 3. The molecule has 1 saturated heterocycles. The molecule has 0 bridgehead atoms. The Balaban J connectivity index is 1.78. The van der Waals surface area contributed by atoms with Gasteiger partial charge in [-0.05, 0) is 62.9 Å². The summed E-state index contributed by atoms with van der Waals surface area (Å²) in [6.45, 7) is 8.70. The van der Waals surface area contributed by atoms with Crippen molar-refractivity contribution in [2.24, 2.45) is 0 Å². The summed E-state index contributed by atoms with van der Waals surface area (Å²) >= 11 is 0. The van der Waals surface area contributed by atoms with E-state index < -0.39 is 0 Å². The molecular formula is C17H28N2O. The summed E-state index contributed by atoms with van der Waals surface area (Å²) in [4.78, 5) is 2.55. The minimum absolute atomic E-state index is 0.445. The minimum atomic E-state index is 0.445. The van der Waals surface area contributed by atoms with Gasteiger partial charge in [-0.2, -0.15) is 0 Å². The molecule has 1 heterocycles. The summed E-state index contributed by atoms with van der Waals surface area (Å²) in [5, 5.41) is 0. The van der Waals surface area contributed by atoms with Gasteiger partial charge >= 0.3 is 0 Å². The topological polar surface area (TPSA) is 38.5 Å². The maximum Gasteiger partial charge on any atom is 0.0702 e. The highest BCUT2D eigenvalue weighted by Crippen LogP contribution is 2.22. The maximum absolute atomic E-state index is 5.76. The van der Waals surface area contributed by atoms with Gasteiger partial charge in [-0.15, -0.1) is 0 Å². The summed E-state index contributed by atoms with van der Waals surface area (Å²) in [5.74, 6) is 0.586. The van der Waals surface area contributed by atoms with Crippen LogP contribution in [0.2, 0.25) is 0 Å². The van der Waals surface area contributed by atoms with E-state index in [4.69, 9.17) is 10.5 Å². The molecule has 3 nitrogen and oxygen atoms in total. The van der Waals surface area contributed by atoms with Crippen LogP contribution in [0, 0.1) is 0 Å². The van der Waals surface area contributed by atoms with Crippen LogP contribution in [0.3, 0.4) is 0 Å². The first-order valence-electron chi connectivity index (χ1n) is 7.88. The third-order valence-electron chi connectivity index (χ3n) is 4.25. The summed E-state index contributed by atoms with van der Waals surface area (Å²) in [5.41, 5.74) is 7.97. The largest absolute Gasteiger partial charge is 0.399 e. The zero-order valence-corrected chi connectivity index (χ0v) is 12.8. The predicted molar refractivity (Wildman–Crippen MR) is 85.0 cm³/mol. The average molecular weight is 276 g/mol. The van der Waals surface area contributed by atoms with Gasteiger partial charge in [-0.3, -0.25) is 0 Å². The second-order valence-corrected chi connectivity index (χ2v) is 5.88. The van der Waals surface area contributed by atoms with Crippen molar-refractivity contribution in [1.82, 2.24) is 4.90 Å². The van der Waals surface area contributed by atoms with Crippen LogP contribution in [0.15, 0.2) is 24.3 Å². The Morgan fingerprint density at radius 2 is 2.10 bits per heavy atom. The third kappa shape index (κ3) is 4.50. The Kier molecular flexibility index (Phi) is 5.86. The number of nitrogens with zero attached hydrogens (tertiary/aromatic N) is 1. The number of piperidine rings is 1. The third-order valence-corrected chi connectivity index (χ3v) is 4.25. The minimum Gasteiger partial charge on any atom is -0.399 e. The molecule has 0 aromatic heterocycles. The van der Waals surface area contributed by atoms with Crippen LogP contribution in [0.1, 0.15) is 44.6 Å². The molecule has 1 aromatic rings. The van der Waals surface area contributed by atoms with Crippen LogP contribution in [0.25, 0.3) is 0 Å². The van der Waals surface area contributed by atoms with Gasteiger partial charge in [0.25, 0.3) is 0 Å². The van der Waals surface area contributed by atoms with E-state index in [-0.39, 0.29) is 0 Å². The molecule has 1 fully saturated rings. The molecule has 1 aliphatic rings. The number of likely N-dealkylation sites (tertiary alicyclic amines) is 1. The van der Waals surface area contributed by atoms with Gasteiger partial charge in [0.05, 0.1) is 6.10 Å². The van der Waals surface area contributed by atoms with Gasteiger partial charge in [-0.25, -0.2) is 0 Å². The highest BCUT2D eigenvalue weighted by atomic mass is 16.5. The number of rotatable bonds is 6. The molecule has 2 unspecified atom stereocenters. The Bertz CT molecular complexity index is 388. The van der Waals surface area contributed by atoms with Gasteiger partial charge in [0, 0.05) is 18.8 Å². The van der Waals surface area contributed by atoms with Crippen LogP contribution < -0.4 is 5.73 Å². The first-order valence-corrected chi connectivity index (χ1v) is 7.88. The molecule has 20 heavy (non-hydrogen) atoms. The van der Waals surface area contributed by atoms with Crippen molar-refractivity contribution in [3.63, 3.8) is 0 Å². The second kappa shape index (κ2) is 7.65. The quantitative estimate of drug-likeness (QED) is 0.811. The molecule has 112 valence electrons. The van der Waals surface area contributed by atoms with E-state index in [0.717, 1.165) is 25.4 Å². The van der Waals surface area contributed by atoms with Crippen molar-refractivity contribution in [3.05, 3.63) is 29.8 Å². The maximum atomic E-state index is 5.76. The number of nitrogen functional groups attached to an aromatic ring is 1. The molecule has 0 spiro atoms. The van der Waals surface area contributed by atoms with Gasteiger partial charge in [0.15, 0.2) is 0 Å². The Hall–Kier alpha value is -1.06. The lowest BCUT2D eigenvalue weighted by molar-refractivity contribution is 0.00537. The van der Waals surface area contributed by atoms with E-state index in [9.17, 15) is 0 Å². The smallest absolute Gasteiger partial charge is 0.0702 e. The van der Waals surface area contributed by atoms with Gasteiger partial charge in [0.2, 0.25) is 0 Å². The van der Waals surface area contributed by atoms with E-state index in [1.54, 1.807) is 0 Å². The van der Waals surface area contributed by atoms with E-state index in [2.05, 4.69) is 30.9 Å². The molecule has 0 aliphatic carbocycles. The first-order chi connectivity index (χ1) is 9.69. The van der Waals surface area contributed by atoms with Crippen LogP contribution in [-0.4, -0.2) is 37.2 Å². The molecule has 1 aliphatic heterocycles. The first kappa shape index (κ1) is 15.3. The number of anilines is 1.